The zero-order valence-electron chi connectivity index (χ0n) is 15.9. The summed E-state index contributed by atoms with van der Waals surface area (Å²) in [6, 6.07) is 22.5. The Kier molecular flexibility index (Phi) is 6.39. The number of carbonyl (C=O) groups is 1. The highest BCUT2D eigenvalue weighted by Gasteiger charge is 2.05. The Bertz CT molecular complexity index is 1070. The average Bonchev–Trinajstić information content (AvgIpc) is 2.73. The van der Waals surface area contributed by atoms with E-state index in [4.69, 9.17) is 4.74 Å². The third-order valence-corrected chi connectivity index (χ3v) is 4.15. The van der Waals surface area contributed by atoms with Crippen molar-refractivity contribution in [2.75, 3.05) is 11.9 Å². The first kappa shape index (κ1) is 19.8. The minimum absolute atomic E-state index is 0.115. The molecule has 0 aliphatic carbocycles. The first-order chi connectivity index (χ1) is 14.0. The van der Waals surface area contributed by atoms with Gasteiger partial charge in [0, 0.05) is 5.69 Å². The van der Waals surface area contributed by atoms with Crippen molar-refractivity contribution >= 4 is 23.2 Å². The molecule has 3 rings (SSSR count). The van der Waals surface area contributed by atoms with Gasteiger partial charge in [-0.1, -0.05) is 42.0 Å². The van der Waals surface area contributed by atoms with Crippen molar-refractivity contribution in [2.24, 2.45) is 0 Å². The predicted molar refractivity (Wildman–Crippen MR) is 112 cm³/mol. The molecule has 1 amide bonds. The highest BCUT2D eigenvalue weighted by atomic mass is 19.1. The van der Waals surface area contributed by atoms with Crippen LogP contribution in [0.3, 0.4) is 0 Å². The Morgan fingerprint density at radius 1 is 1.10 bits per heavy atom. The number of nitrogens with zero attached hydrogens (tertiary/aromatic N) is 1. The van der Waals surface area contributed by atoms with Gasteiger partial charge in [-0.25, -0.2) is 4.39 Å². The Labute approximate surface area is 168 Å². The summed E-state index contributed by atoms with van der Waals surface area (Å²) < 4.78 is 18.9. The molecule has 0 aliphatic rings. The molecule has 0 radical (unpaired) electrons. The van der Waals surface area contributed by atoms with Crippen LogP contribution in [0.1, 0.15) is 16.7 Å². The Morgan fingerprint density at radius 3 is 2.48 bits per heavy atom. The molecular formula is C24H19FN2O2. The molecule has 3 aromatic rings. The monoisotopic (exact) mass is 386 g/mol. The fourth-order valence-electron chi connectivity index (χ4n) is 2.65. The molecular weight excluding hydrogens is 367 g/mol. The standard InChI is InChI=1S/C24H19FN2O2/c1-17-5-9-22(10-6-17)27-24(28)16-29-23-11-7-18(8-12-23)13-20(15-26)19-3-2-4-21(25)14-19/h2-14H,16H2,1H3,(H,27,28)/b20-13-. The number of nitriles is 1. The summed E-state index contributed by atoms with van der Waals surface area (Å²) in [5.41, 5.74) is 3.47. The number of amides is 1. The van der Waals surface area contributed by atoms with Gasteiger partial charge in [0.05, 0.1) is 11.6 Å². The lowest BCUT2D eigenvalue weighted by atomic mass is 10.0. The molecule has 0 spiro atoms. The number of aryl methyl sites for hydroxylation is 1. The molecule has 0 aliphatic heterocycles. The molecule has 0 aromatic heterocycles. The van der Waals surface area contributed by atoms with Gasteiger partial charge in [0.2, 0.25) is 0 Å². The van der Waals surface area contributed by atoms with Gasteiger partial charge in [-0.15, -0.1) is 0 Å². The molecule has 0 unspecified atom stereocenters. The summed E-state index contributed by atoms with van der Waals surface area (Å²) in [5, 5.41) is 12.1. The van der Waals surface area contributed by atoms with Crippen LogP contribution in [0, 0.1) is 24.1 Å². The molecule has 0 atom stereocenters. The van der Waals surface area contributed by atoms with Crippen LogP contribution in [0.4, 0.5) is 10.1 Å². The second kappa shape index (κ2) is 9.34. The fraction of sp³-hybridized carbons (Fsp3) is 0.0833. The number of nitrogens with one attached hydrogen (secondary N) is 1. The minimum atomic E-state index is -0.392. The van der Waals surface area contributed by atoms with Gasteiger partial charge in [-0.2, -0.15) is 5.26 Å². The van der Waals surface area contributed by atoms with Gasteiger partial charge >= 0.3 is 0 Å². The van der Waals surface area contributed by atoms with Crippen molar-refractivity contribution < 1.29 is 13.9 Å². The lowest BCUT2D eigenvalue weighted by molar-refractivity contribution is -0.118. The van der Waals surface area contributed by atoms with E-state index < -0.39 is 5.82 Å². The third-order valence-electron chi connectivity index (χ3n) is 4.15. The van der Waals surface area contributed by atoms with Crippen LogP contribution in [-0.2, 0) is 4.79 Å². The Hall–Kier alpha value is -3.91. The largest absolute Gasteiger partial charge is 0.484 e. The van der Waals surface area contributed by atoms with Crippen LogP contribution in [-0.4, -0.2) is 12.5 Å². The van der Waals surface area contributed by atoms with E-state index in [1.54, 1.807) is 42.5 Å². The summed E-state index contributed by atoms with van der Waals surface area (Å²) in [6.07, 6.45) is 1.67. The van der Waals surface area contributed by atoms with E-state index in [1.165, 1.54) is 12.1 Å². The van der Waals surface area contributed by atoms with E-state index in [0.717, 1.165) is 11.1 Å². The molecule has 3 aromatic carbocycles. The summed E-state index contributed by atoms with van der Waals surface area (Å²) in [7, 11) is 0. The molecule has 29 heavy (non-hydrogen) atoms. The van der Waals surface area contributed by atoms with Crippen molar-refractivity contribution in [2.45, 2.75) is 6.92 Å². The second-order valence-corrected chi connectivity index (χ2v) is 6.45. The van der Waals surface area contributed by atoms with Gasteiger partial charge in [-0.3, -0.25) is 4.79 Å². The number of benzene rings is 3. The van der Waals surface area contributed by atoms with E-state index in [1.807, 2.05) is 31.2 Å². The van der Waals surface area contributed by atoms with Gasteiger partial charge in [0.15, 0.2) is 6.61 Å². The number of carbonyl (C=O) groups excluding carboxylic acids is 1. The summed E-state index contributed by atoms with van der Waals surface area (Å²) in [4.78, 5) is 12.0. The van der Waals surface area contributed by atoms with E-state index in [-0.39, 0.29) is 12.5 Å². The van der Waals surface area contributed by atoms with Gasteiger partial charge in [0.1, 0.15) is 11.6 Å². The first-order valence-electron chi connectivity index (χ1n) is 9.00. The first-order valence-corrected chi connectivity index (χ1v) is 9.00. The van der Waals surface area contributed by atoms with Gasteiger partial charge < -0.3 is 10.1 Å². The van der Waals surface area contributed by atoms with Crippen molar-refractivity contribution in [3.63, 3.8) is 0 Å². The minimum Gasteiger partial charge on any atom is -0.484 e. The molecule has 0 heterocycles. The van der Waals surface area contributed by atoms with Crippen molar-refractivity contribution in [1.82, 2.24) is 0 Å². The zero-order valence-corrected chi connectivity index (χ0v) is 15.9. The topological polar surface area (TPSA) is 62.1 Å². The molecule has 4 nitrogen and oxygen atoms in total. The Balaban J connectivity index is 1.60. The van der Waals surface area contributed by atoms with E-state index in [2.05, 4.69) is 11.4 Å². The maximum Gasteiger partial charge on any atom is 0.262 e. The van der Waals surface area contributed by atoms with E-state index >= 15 is 0 Å². The molecule has 0 fully saturated rings. The summed E-state index contributed by atoms with van der Waals surface area (Å²) in [6.45, 7) is 1.86. The van der Waals surface area contributed by atoms with Crippen molar-refractivity contribution in [1.29, 1.82) is 5.26 Å². The van der Waals surface area contributed by atoms with Crippen LogP contribution >= 0.6 is 0 Å². The highest BCUT2D eigenvalue weighted by molar-refractivity contribution is 5.92. The van der Waals surface area contributed by atoms with Crippen LogP contribution in [0.5, 0.6) is 5.75 Å². The lowest BCUT2D eigenvalue weighted by Crippen LogP contribution is -2.20. The normalized spacial score (nSPS) is 10.9. The lowest BCUT2D eigenvalue weighted by Gasteiger charge is -2.08. The maximum atomic E-state index is 13.4. The molecule has 144 valence electrons. The quantitative estimate of drug-likeness (QED) is 0.467. The predicted octanol–water partition coefficient (Wildman–Crippen LogP) is 5.22. The number of hydrogen-bond acceptors (Lipinski definition) is 3. The summed E-state index contributed by atoms with van der Waals surface area (Å²) in [5.74, 6) is -0.113. The SMILES string of the molecule is Cc1ccc(NC(=O)COc2ccc(/C=C(/C#N)c3cccc(F)c3)cc2)cc1. The van der Waals surface area contributed by atoms with E-state index in [0.29, 0.717) is 22.6 Å². The number of ether oxygens (including phenoxy) is 1. The number of rotatable bonds is 6. The smallest absolute Gasteiger partial charge is 0.262 e. The average molecular weight is 386 g/mol. The van der Waals surface area contributed by atoms with Crippen molar-refractivity contribution in [3.05, 3.63) is 95.3 Å². The fourth-order valence-corrected chi connectivity index (χ4v) is 2.65. The van der Waals surface area contributed by atoms with Gasteiger partial charge in [0.25, 0.3) is 5.91 Å². The zero-order chi connectivity index (χ0) is 20.6. The molecule has 5 heteroatoms. The maximum absolute atomic E-state index is 13.4. The number of allylic oxidation sites excluding steroid dienone is 1. The number of halogens is 1. The number of anilines is 1. The summed E-state index contributed by atoms with van der Waals surface area (Å²) >= 11 is 0. The van der Waals surface area contributed by atoms with Crippen molar-refractivity contribution in [3.8, 4) is 11.8 Å². The third kappa shape index (κ3) is 5.78. The molecule has 0 bridgehead atoms. The second-order valence-electron chi connectivity index (χ2n) is 6.45. The van der Waals surface area contributed by atoms with Crippen LogP contribution < -0.4 is 10.1 Å². The molecule has 0 saturated carbocycles. The van der Waals surface area contributed by atoms with Gasteiger partial charge in [-0.05, 0) is 60.5 Å². The highest BCUT2D eigenvalue weighted by Crippen LogP contribution is 2.20. The van der Waals surface area contributed by atoms with E-state index in [9.17, 15) is 14.4 Å². The van der Waals surface area contributed by atoms with Crippen LogP contribution in [0.2, 0.25) is 0 Å². The Morgan fingerprint density at radius 2 is 1.83 bits per heavy atom. The molecule has 0 saturated heterocycles. The van der Waals surface area contributed by atoms with Crippen LogP contribution in [0.15, 0.2) is 72.8 Å². The van der Waals surface area contributed by atoms with Crippen LogP contribution in [0.25, 0.3) is 11.6 Å². The molecule has 1 N–H and O–H groups in total. The number of hydrogen-bond donors (Lipinski definition) is 1.